The zero-order valence-corrected chi connectivity index (χ0v) is 22.1. The highest BCUT2D eigenvalue weighted by Crippen LogP contribution is 2.26. The highest BCUT2D eigenvalue weighted by Gasteiger charge is 2.32. The first kappa shape index (κ1) is 25.6. The van der Waals surface area contributed by atoms with Crippen LogP contribution in [0.1, 0.15) is 45.2 Å². The van der Waals surface area contributed by atoms with Crippen LogP contribution >= 0.6 is 0 Å². The van der Waals surface area contributed by atoms with Crippen LogP contribution in [0, 0.1) is 0 Å². The number of alkyl carbamates (subject to hydrolysis) is 1. The Bertz CT molecular complexity index is 1520. The third kappa shape index (κ3) is 5.59. The number of benzene rings is 3. The largest absolute Gasteiger partial charge is 0.444 e. The number of para-hydroxylation sites is 2. The third-order valence-electron chi connectivity index (χ3n) is 7.01. The van der Waals surface area contributed by atoms with E-state index in [0.29, 0.717) is 32.4 Å². The van der Waals surface area contributed by atoms with Crippen molar-refractivity contribution in [2.24, 2.45) is 0 Å². The highest BCUT2D eigenvalue weighted by atomic mass is 16.6. The molecule has 198 valence electrons. The number of piperidine rings is 1. The summed E-state index contributed by atoms with van der Waals surface area (Å²) in [6.07, 6.45) is 1.05. The second-order valence-electron chi connectivity index (χ2n) is 11.0. The number of aromatic amines is 1. The summed E-state index contributed by atoms with van der Waals surface area (Å²) in [4.78, 5) is 43.8. The Labute approximate surface area is 221 Å². The summed E-state index contributed by atoms with van der Waals surface area (Å²) in [6, 6.07) is 21.0. The molecule has 0 radical (unpaired) electrons. The Morgan fingerprint density at radius 1 is 1.00 bits per heavy atom. The summed E-state index contributed by atoms with van der Waals surface area (Å²) in [6.45, 7) is 6.39. The van der Waals surface area contributed by atoms with Crippen LogP contribution in [0.15, 0.2) is 71.5 Å². The lowest BCUT2D eigenvalue weighted by atomic mass is 9.99. The van der Waals surface area contributed by atoms with E-state index in [1.165, 1.54) is 0 Å². The summed E-state index contributed by atoms with van der Waals surface area (Å²) >= 11 is 0. The normalized spacial score (nSPS) is 15.5. The molecule has 1 aromatic heterocycles. The number of nitrogens with zero attached hydrogens (tertiary/aromatic N) is 2. The molecule has 2 N–H and O–H groups in total. The molecule has 38 heavy (non-hydrogen) atoms. The van der Waals surface area contributed by atoms with Gasteiger partial charge in [-0.25, -0.2) is 9.59 Å². The van der Waals surface area contributed by atoms with E-state index in [2.05, 4.69) is 16.4 Å². The van der Waals surface area contributed by atoms with E-state index >= 15 is 0 Å². The second kappa shape index (κ2) is 10.4. The average Bonchev–Trinajstić information content (AvgIpc) is 3.22. The van der Waals surface area contributed by atoms with Crippen LogP contribution in [0.25, 0.3) is 21.8 Å². The van der Waals surface area contributed by atoms with E-state index in [0.717, 1.165) is 27.4 Å². The number of carbonyl (C=O) groups excluding carboxylic acids is 2. The molecule has 4 aromatic rings. The minimum atomic E-state index is -0.765. The molecule has 8 heteroatoms. The fourth-order valence-corrected chi connectivity index (χ4v) is 5.25. The van der Waals surface area contributed by atoms with Crippen LogP contribution in [0.2, 0.25) is 0 Å². The van der Waals surface area contributed by atoms with Gasteiger partial charge < -0.3 is 19.9 Å². The first-order valence-electron chi connectivity index (χ1n) is 13.1. The highest BCUT2D eigenvalue weighted by molar-refractivity contribution is 5.87. The predicted molar refractivity (Wildman–Crippen MR) is 148 cm³/mol. The molecular formula is C30H34N4O4. The monoisotopic (exact) mass is 514 g/mol. The summed E-state index contributed by atoms with van der Waals surface area (Å²) in [5.41, 5.74) is 1.84. The van der Waals surface area contributed by atoms with Crippen LogP contribution in [0.5, 0.6) is 0 Å². The van der Waals surface area contributed by atoms with Gasteiger partial charge in [0.05, 0.1) is 11.0 Å². The van der Waals surface area contributed by atoms with Gasteiger partial charge in [-0.15, -0.1) is 0 Å². The molecule has 0 saturated carbocycles. The molecule has 1 aliphatic rings. The Hall–Kier alpha value is -4.07. The first-order valence-corrected chi connectivity index (χ1v) is 13.1. The fraction of sp³-hybridized carbons (Fsp3) is 0.367. The topological polar surface area (TPSA) is 96.4 Å². The lowest BCUT2D eigenvalue weighted by Crippen LogP contribution is -2.52. The number of carbonyl (C=O) groups is 2. The maximum absolute atomic E-state index is 13.7. The number of aromatic nitrogens is 2. The maximum Gasteiger partial charge on any atom is 0.408 e. The number of imidazole rings is 1. The van der Waals surface area contributed by atoms with Crippen LogP contribution in [-0.2, 0) is 16.0 Å². The van der Waals surface area contributed by atoms with Crippen LogP contribution in [0.4, 0.5) is 4.79 Å². The molecule has 0 spiro atoms. The number of rotatable bonds is 5. The van der Waals surface area contributed by atoms with E-state index < -0.39 is 17.7 Å². The number of likely N-dealkylation sites (tertiary alicyclic amines) is 1. The number of hydrogen-bond acceptors (Lipinski definition) is 4. The third-order valence-corrected chi connectivity index (χ3v) is 7.01. The zero-order chi connectivity index (χ0) is 26.9. The molecule has 1 fully saturated rings. The van der Waals surface area contributed by atoms with Crippen LogP contribution < -0.4 is 11.0 Å². The van der Waals surface area contributed by atoms with Gasteiger partial charge in [-0.1, -0.05) is 54.6 Å². The number of ether oxygens (including phenoxy) is 1. The van der Waals surface area contributed by atoms with E-state index in [1.807, 2.05) is 65.2 Å². The van der Waals surface area contributed by atoms with Crippen molar-refractivity contribution in [3.8, 4) is 0 Å². The standard InChI is InChI=1S/C30H34N4O4/c1-30(2,3)38-29(37)32-25(19-20-12-13-21-8-4-5-9-22(21)18-20)27(35)33-16-14-23(15-17-33)34-26-11-7-6-10-24(26)31-28(34)36/h4-13,18,23,25H,14-17,19H2,1-3H3,(H,31,36)(H,32,37). The van der Waals surface area contributed by atoms with Crippen molar-refractivity contribution in [3.63, 3.8) is 0 Å². The SMILES string of the molecule is CC(C)(C)OC(=O)NC(Cc1ccc2ccccc2c1)C(=O)N1CCC(n2c(=O)[nH]c3ccccc32)CC1. The average molecular weight is 515 g/mol. The number of nitrogens with one attached hydrogen (secondary N) is 2. The van der Waals surface area contributed by atoms with Gasteiger partial charge in [0.1, 0.15) is 11.6 Å². The Balaban J connectivity index is 1.33. The molecule has 3 aromatic carbocycles. The van der Waals surface area contributed by atoms with E-state index in [1.54, 1.807) is 25.7 Å². The van der Waals surface area contributed by atoms with E-state index in [9.17, 15) is 14.4 Å². The Kier molecular flexibility index (Phi) is 6.97. The lowest BCUT2D eigenvalue weighted by Gasteiger charge is -2.35. The second-order valence-corrected chi connectivity index (χ2v) is 11.0. The molecule has 1 unspecified atom stereocenters. The van der Waals surface area contributed by atoms with Gasteiger partial charge in [0, 0.05) is 25.6 Å². The minimum Gasteiger partial charge on any atom is -0.444 e. The van der Waals surface area contributed by atoms with Crippen LogP contribution in [-0.4, -0.2) is 51.2 Å². The van der Waals surface area contributed by atoms with Crippen molar-refractivity contribution in [2.45, 2.75) is 57.7 Å². The summed E-state index contributed by atoms with van der Waals surface area (Å²) in [7, 11) is 0. The van der Waals surface area contributed by atoms with Crippen molar-refractivity contribution in [1.82, 2.24) is 19.8 Å². The minimum absolute atomic E-state index is 0.000419. The molecule has 1 atom stereocenters. The van der Waals surface area contributed by atoms with Crippen molar-refractivity contribution in [2.75, 3.05) is 13.1 Å². The smallest absolute Gasteiger partial charge is 0.408 e. The lowest BCUT2D eigenvalue weighted by molar-refractivity contribution is -0.134. The summed E-state index contributed by atoms with van der Waals surface area (Å²) in [5, 5.41) is 5.03. The molecule has 8 nitrogen and oxygen atoms in total. The van der Waals surface area contributed by atoms with Gasteiger partial charge >= 0.3 is 11.8 Å². The number of fused-ring (bicyclic) bond motifs is 2. The van der Waals surface area contributed by atoms with Gasteiger partial charge in [0.25, 0.3) is 0 Å². The first-order chi connectivity index (χ1) is 18.2. The van der Waals surface area contributed by atoms with Crippen LogP contribution in [0.3, 0.4) is 0 Å². The van der Waals surface area contributed by atoms with Gasteiger partial charge in [0.2, 0.25) is 5.91 Å². The van der Waals surface area contributed by atoms with Crippen molar-refractivity contribution in [1.29, 1.82) is 0 Å². The van der Waals surface area contributed by atoms with Crippen molar-refractivity contribution < 1.29 is 14.3 Å². The molecule has 1 aliphatic heterocycles. The van der Waals surface area contributed by atoms with E-state index in [4.69, 9.17) is 4.74 Å². The Morgan fingerprint density at radius 2 is 1.68 bits per heavy atom. The summed E-state index contributed by atoms with van der Waals surface area (Å²) < 4.78 is 7.28. The fourth-order valence-electron chi connectivity index (χ4n) is 5.25. The number of H-pyrrole nitrogens is 1. The molecule has 5 rings (SSSR count). The quantitative estimate of drug-likeness (QED) is 0.401. The number of hydrogen-bond donors (Lipinski definition) is 2. The molecular weight excluding hydrogens is 480 g/mol. The molecule has 0 bridgehead atoms. The van der Waals surface area contributed by atoms with Crippen molar-refractivity contribution >= 4 is 33.8 Å². The zero-order valence-electron chi connectivity index (χ0n) is 22.1. The Morgan fingerprint density at radius 3 is 2.42 bits per heavy atom. The van der Waals surface area contributed by atoms with Crippen molar-refractivity contribution in [3.05, 3.63) is 82.8 Å². The molecule has 2 heterocycles. The molecule has 1 saturated heterocycles. The summed E-state index contributed by atoms with van der Waals surface area (Å²) in [5.74, 6) is -0.145. The van der Waals surface area contributed by atoms with Gasteiger partial charge in [-0.2, -0.15) is 0 Å². The predicted octanol–water partition coefficient (Wildman–Crippen LogP) is 4.78. The van der Waals surface area contributed by atoms with Gasteiger partial charge in [-0.3, -0.25) is 9.36 Å². The number of amides is 2. The van der Waals surface area contributed by atoms with Gasteiger partial charge in [-0.05, 0) is 62.1 Å². The maximum atomic E-state index is 13.7. The van der Waals surface area contributed by atoms with E-state index in [-0.39, 0.29) is 17.6 Å². The molecule has 2 amide bonds. The van der Waals surface area contributed by atoms with Gasteiger partial charge in [0.15, 0.2) is 0 Å². The molecule has 0 aliphatic carbocycles.